The van der Waals surface area contributed by atoms with E-state index >= 15 is 0 Å². The molecular formula is C24H34F3N3O3. The van der Waals surface area contributed by atoms with Crippen LogP contribution in [0.3, 0.4) is 0 Å². The summed E-state index contributed by atoms with van der Waals surface area (Å²) in [5, 5.41) is 12.5. The molecule has 5 atom stereocenters. The number of nitrogens with zero attached hydrogens (tertiary/aromatic N) is 2. The standard InChI is InChI=1S/C24H34F3N3O3/c1-4-30(23(32)33)16(3)10-15(2)22(31)28-21-9-8-18-13-29(14-20(18)21)12-17-6-5-7-19(11-17)24(25,26)27/h5-7,11,15-16,18,20-21H,4,8-10,12-14H2,1-3H3,(H,28,31)(H,32,33)/t15-,16?,18+,20-,21-/m0/s1. The topological polar surface area (TPSA) is 72.9 Å². The first kappa shape index (κ1) is 25.3. The van der Waals surface area contributed by atoms with E-state index in [1.807, 2.05) is 13.8 Å². The number of halogens is 3. The van der Waals surface area contributed by atoms with Crippen molar-refractivity contribution in [2.45, 2.75) is 64.8 Å². The predicted octanol–water partition coefficient (Wildman–Crippen LogP) is 4.45. The molecule has 0 bridgehead atoms. The maximum absolute atomic E-state index is 13.0. The van der Waals surface area contributed by atoms with Crippen LogP contribution in [-0.2, 0) is 17.5 Å². The minimum absolute atomic E-state index is 0.0496. The van der Waals surface area contributed by atoms with E-state index in [0.717, 1.165) is 32.0 Å². The SMILES string of the molecule is CCN(C(=O)O)C(C)C[C@H](C)C(=O)N[C@H]1CC[C@@H]2CN(Cc3cccc(C(F)(F)F)c3)C[C@@H]21. The number of hydrogen-bond donors (Lipinski definition) is 2. The molecule has 0 spiro atoms. The molecule has 6 nitrogen and oxygen atoms in total. The number of alkyl halides is 3. The van der Waals surface area contributed by atoms with E-state index in [0.29, 0.717) is 31.0 Å². The highest BCUT2D eigenvalue weighted by molar-refractivity contribution is 5.78. The Hall–Kier alpha value is -2.29. The summed E-state index contributed by atoms with van der Waals surface area (Å²) >= 11 is 0. The van der Waals surface area contributed by atoms with Crippen molar-refractivity contribution < 1.29 is 27.9 Å². The lowest BCUT2D eigenvalue weighted by Gasteiger charge is -2.28. The average Bonchev–Trinajstić information content (AvgIpc) is 3.28. The van der Waals surface area contributed by atoms with Gasteiger partial charge in [0.15, 0.2) is 0 Å². The molecule has 1 heterocycles. The highest BCUT2D eigenvalue weighted by Crippen LogP contribution is 2.39. The van der Waals surface area contributed by atoms with E-state index in [1.54, 1.807) is 13.0 Å². The van der Waals surface area contributed by atoms with E-state index in [4.69, 9.17) is 0 Å². The number of amides is 2. The molecule has 1 saturated carbocycles. The molecule has 2 fully saturated rings. The Kier molecular flexibility index (Phi) is 7.92. The summed E-state index contributed by atoms with van der Waals surface area (Å²) in [4.78, 5) is 27.6. The molecule has 33 heavy (non-hydrogen) atoms. The second kappa shape index (κ2) is 10.3. The molecule has 2 amide bonds. The molecule has 2 aliphatic rings. The van der Waals surface area contributed by atoms with Gasteiger partial charge in [-0.15, -0.1) is 0 Å². The monoisotopic (exact) mass is 469 g/mol. The van der Waals surface area contributed by atoms with Gasteiger partial charge in [-0.3, -0.25) is 9.69 Å². The van der Waals surface area contributed by atoms with E-state index in [-0.39, 0.29) is 29.8 Å². The Labute approximate surface area is 193 Å². The third-order valence-corrected chi connectivity index (χ3v) is 7.18. The van der Waals surface area contributed by atoms with Crippen LogP contribution in [0.1, 0.15) is 51.2 Å². The lowest BCUT2D eigenvalue weighted by Crippen LogP contribution is -2.44. The van der Waals surface area contributed by atoms with Crippen molar-refractivity contribution in [2.75, 3.05) is 19.6 Å². The van der Waals surface area contributed by atoms with Crippen LogP contribution in [0, 0.1) is 17.8 Å². The van der Waals surface area contributed by atoms with Gasteiger partial charge in [0.25, 0.3) is 0 Å². The summed E-state index contributed by atoms with van der Waals surface area (Å²) in [7, 11) is 0. The van der Waals surface area contributed by atoms with Gasteiger partial charge in [0, 0.05) is 44.2 Å². The number of likely N-dealkylation sites (tertiary alicyclic amines) is 1. The molecule has 1 aromatic rings. The second-order valence-electron chi connectivity index (χ2n) is 9.56. The van der Waals surface area contributed by atoms with Crippen LogP contribution in [0.5, 0.6) is 0 Å². The number of carbonyl (C=O) groups excluding carboxylic acids is 1. The molecule has 1 saturated heterocycles. The first-order valence-electron chi connectivity index (χ1n) is 11.7. The van der Waals surface area contributed by atoms with Crippen molar-refractivity contribution in [3.05, 3.63) is 35.4 Å². The second-order valence-corrected chi connectivity index (χ2v) is 9.56. The number of benzene rings is 1. The number of carbonyl (C=O) groups is 2. The summed E-state index contributed by atoms with van der Waals surface area (Å²) in [6.07, 6.45) is -2.99. The molecular weight excluding hydrogens is 435 g/mol. The fourth-order valence-electron chi connectivity index (χ4n) is 5.48. The van der Waals surface area contributed by atoms with Crippen LogP contribution in [0.4, 0.5) is 18.0 Å². The van der Waals surface area contributed by atoms with Gasteiger partial charge in [-0.1, -0.05) is 25.1 Å². The first-order chi connectivity index (χ1) is 15.5. The zero-order chi connectivity index (χ0) is 24.3. The highest BCUT2D eigenvalue weighted by atomic mass is 19.4. The van der Waals surface area contributed by atoms with Crippen LogP contribution >= 0.6 is 0 Å². The maximum atomic E-state index is 13.0. The molecule has 9 heteroatoms. The fraction of sp³-hybridized carbons (Fsp3) is 0.667. The number of rotatable bonds is 8. The Balaban J connectivity index is 1.53. The minimum atomic E-state index is -4.35. The summed E-state index contributed by atoms with van der Waals surface area (Å²) in [6.45, 7) is 7.83. The number of nitrogens with one attached hydrogen (secondary N) is 1. The van der Waals surface area contributed by atoms with Gasteiger partial charge in [0.2, 0.25) is 5.91 Å². The summed E-state index contributed by atoms with van der Waals surface area (Å²) in [6, 6.07) is 5.28. The molecule has 2 N–H and O–H groups in total. The van der Waals surface area contributed by atoms with Crippen LogP contribution in [-0.4, -0.2) is 58.6 Å². The molecule has 3 rings (SSSR count). The largest absolute Gasteiger partial charge is 0.465 e. The van der Waals surface area contributed by atoms with Crippen molar-refractivity contribution in [1.82, 2.24) is 15.1 Å². The van der Waals surface area contributed by atoms with Crippen LogP contribution in [0.25, 0.3) is 0 Å². The Bertz CT molecular complexity index is 848. The molecule has 184 valence electrons. The first-order valence-corrected chi connectivity index (χ1v) is 11.7. The average molecular weight is 470 g/mol. The molecule has 1 aliphatic heterocycles. The van der Waals surface area contributed by atoms with Gasteiger partial charge >= 0.3 is 12.3 Å². The maximum Gasteiger partial charge on any atom is 0.416 e. The molecule has 1 aliphatic carbocycles. The third kappa shape index (κ3) is 6.19. The Morgan fingerprint density at radius 1 is 1.24 bits per heavy atom. The van der Waals surface area contributed by atoms with E-state index in [9.17, 15) is 27.9 Å². The van der Waals surface area contributed by atoms with Gasteiger partial charge in [-0.2, -0.15) is 13.2 Å². The fourth-order valence-corrected chi connectivity index (χ4v) is 5.48. The molecule has 0 radical (unpaired) electrons. The Morgan fingerprint density at radius 2 is 1.97 bits per heavy atom. The number of carboxylic acid groups (broad SMARTS) is 1. The molecule has 1 unspecified atom stereocenters. The quantitative estimate of drug-likeness (QED) is 0.590. The third-order valence-electron chi connectivity index (χ3n) is 7.18. The van der Waals surface area contributed by atoms with E-state index < -0.39 is 17.8 Å². The van der Waals surface area contributed by atoms with Crippen molar-refractivity contribution in [2.24, 2.45) is 17.8 Å². The number of hydrogen-bond acceptors (Lipinski definition) is 3. The Morgan fingerprint density at radius 3 is 2.61 bits per heavy atom. The van der Waals surface area contributed by atoms with Gasteiger partial charge in [0.1, 0.15) is 0 Å². The lowest BCUT2D eigenvalue weighted by atomic mass is 9.96. The van der Waals surface area contributed by atoms with Crippen LogP contribution < -0.4 is 5.32 Å². The smallest absolute Gasteiger partial charge is 0.416 e. The summed E-state index contributed by atoms with van der Waals surface area (Å²) in [5.41, 5.74) is 0.0178. The van der Waals surface area contributed by atoms with Gasteiger partial charge < -0.3 is 15.3 Å². The van der Waals surface area contributed by atoms with Crippen molar-refractivity contribution in [3.63, 3.8) is 0 Å². The van der Waals surface area contributed by atoms with Crippen molar-refractivity contribution in [1.29, 1.82) is 0 Å². The minimum Gasteiger partial charge on any atom is -0.465 e. The normalized spacial score (nSPS) is 24.8. The van der Waals surface area contributed by atoms with E-state index in [2.05, 4.69) is 10.2 Å². The zero-order valence-corrected chi connectivity index (χ0v) is 19.4. The van der Waals surface area contributed by atoms with Crippen LogP contribution in [0.15, 0.2) is 24.3 Å². The molecule has 0 aromatic heterocycles. The molecule has 1 aromatic carbocycles. The summed E-state index contributed by atoms with van der Waals surface area (Å²) < 4.78 is 39.0. The lowest BCUT2D eigenvalue weighted by molar-refractivity contribution is -0.137. The predicted molar refractivity (Wildman–Crippen MR) is 119 cm³/mol. The van der Waals surface area contributed by atoms with Crippen molar-refractivity contribution >= 4 is 12.0 Å². The van der Waals surface area contributed by atoms with Crippen molar-refractivity contribution in [3.8, 4) is 0 Å². The zero-order valence-electron chi connectivity index (χ0n) is 19.4. The van der Waals surface area contributed by atoms with Crippen LogP contribution in [0.2, 0.25) is 0 Å². The van der Waals surface area contributed by atoms with Gasteiger partial charge in [0.05, 0.1) is 5.56 Å². The van der Waals surface area contributed by atoms with Gasteiger partial charge in [-0.05, 0) is 56.6 Å². The summed E-state index contributed by atoms with van der Waals surface area (Å²) in [5.74, 6) is 0.341. The van der Waals surface area contributed by atoms with E-state index in [1.165, 1.54) is 17.0 Å². The highest BCUT2D eigenvalue weighted by Gasteiger charge is 2.43. The number of fused-ring (bicyclic) bond motifs is 1. The van der Waals surface area contributed by atoms with Gasteiger partial charge in [-0.25, -0.2) is 4.79 Å².